The number of carboxylic acids is 1. The summed E-state index contributed by atoms with van der Waals surface area (Å²) in [4.78, 5) is 25.6. The van der Waals surface area contributed by atoms with Gasteiger partial charge in [0, 0.05) is 19.0 Å². The van der Waals surface area contributed by atoms with Crippen LogP contribution in [-0.4, -0.2) is 34.5 Å². The van der Waals surface area contributed by atoms with Gasteiger partial charge in [-0.25, -0.2) is 0 Å². The van der Waals surface area contributed by atoms with Gasteiger partial charge in [-0.15, -0.1) is 0 Å². The molecule has 0 aromatic carbocycles. The number of rotatable bonds is 7. The predicted octanol–water partition coefficient (Wildman–Crippen LogP) is 3.45. The van der Waals surface area contributed by atoms with Crippen molar-refractivity contribution >= 4 is 11.9 Å². The lowest BCUT2D eigenvalue weighted by molar-refractivity contribution is -0.143. The first kappa shape index (κ1) is 17.0. The zero-order chi connectivity index (χ0) is 15.2. The fraction of sp³-hybridized carbons (Fsp3) is 0.875. The largest absolute Gasteiger partial charge is 0.481 e. The second kappa shape index (κ2) is 7.65. The Hall–Kier alpha value is -1.06. The normalized spacial score (nSPS) is 18.0. The summed E-state index contributed by atoms with van der Waals surface area (Å²) in [6.07, 6.45) is 6.50. The summed E-state index contributed by atoms with van der Waals surface area (Å²) in [7, 11) is 0. The molecule has 20 heavy (non-hydrogen) atoms. The van der Waals surface area contributed by atoms with Gasteiger partial charge in [0.25, 0.3) is 0 Å². The second-order valence-corrected chi connectivity index (χ2v) is 6.49. The van der Waals surface area contributed by atoms with Crippen molar-refractivity contribution in [3.05, 3.63) is 0 Å². The number of nitrogens with zero attached hydrogens (tertiary/aromatic N) is 1. The van der Waals surface area contributed by atoms with Gasteiger partial charge in [0.2, 0.25) is 5.91 Å². The SMILES string of the molecule is CCCN(C(=O)CC1(CC(=O)O)CCCCC1)C(C)C. The molecular formula is C16H29NO3. The molecule has 4 nitrogen and oxygen atoms in total. The Labute approximate surface area is 122 Å². The van der Waals surface area contributed by atoms with E-state index in [1.165, 1.54) is 6.42 Å². The molecule has 0 aromatic heterocycles. The average molecular weight is 283 g/mol. The zero-order valence-corrected chi connectivity index (χ0v) is 13.2. The molecule has 0 bridgehead atoms. The van der Waals surface area contributed by atoms with Crippen LogP contribution in [0.2, 0.25) is 0 Å². The van der Waals surface area contributed by atoms with Gasteiger partial charge >= 0.3 is 5.97 Å². The number of amides is 1. The van der Waals surface area contributed by atoms with Gasteiger partial charge in [-0.05, 0) is 38.5 Å². The van der Waals surface area contributed by atoms with Crippen molar-refractivity contribution in [3.8, 4) is 0 Å². The molecule has 1 N–H and O–H groups in total. The molecule has 0 atom stereocenters. The van der Waals surface area contributed by atoms with Crippen molar-refractivity contribution in [1.29, 1.82) is 0 Å². The third-order valence-corrected chi connectivity index (χ3v) is 4.37. The van der Waals surface area contributed by atoms with E-state index >= 15 is 0 Å². The molecule has 0 aromatic rings. The first-order chi connectivity index (χ1) is 9.40. The lowest BCUT2D eigenvalue weighted by atomic mass is 9.69. The number of carbonyl (C=O) groups excluding carboxylic acids is 1. The molecule has 116 valence electrons. The zero-order valence-electron chi connectivity index (χ0n) is 13.2. The van der Waals surface area contributed by atoms with Crippen LogP contribution >= 0.6 is 0 Å². The highest BCUT2D eigenvalue weighted by Gasteiger charge is 2.37. The van der Waals surface area contributed by atoms with E-state index in [4.69, 9.17) is 0 Å². The molecule has 1 saturated carbocycles. The minimum absolute atomic E-state index is 0.130. The van der Waals surface area contributed by atoms with Crippen LogP contribution in [0.5, 0.6) is 0 Å². The van der Waals surface area contributed by atoms with E-state index in [-0.39, 0.29) is 23.8 Å². The van der Waals surface area contributed by atoms with Gasteiger partial charge < -0.3 is 10.0 Å². The summed E-state index contributed by atoms with van der Waals surface area (Å²) in [5.41, 5.74) is -0.304. The molecule has 0 radical (unpaired) electrons. The van der Waals surface area contributed by atoms with Gasteiger partial charge in [-0.2, -0.15) is 0 Å². The summed E-state index contributed by atoms with van der Waals surface area (Å²) in [6.45, 7) is 6.88. The fourth-order valence-electron chi connectivity index (χ4n) is 3.37. The van der Waals surface area contributed by atoms with Gasteiger partial charge in [-0.3, -0.25) is 9.59 Å². The molecular weight excluding hydrogens is 254 g/mol. The molecule has 1 rings (SSSR count). The molecule has 1 aliphatic carbocycles. The smallest absolute Gasteiger partial charge is 0.303 e. The Morgan fingerprint density at radius 2 is 1.75 bits per heavy atom. The first-order valence-electron chi connectivity index (χ1n) is 7.91. The van der Waals surface area contributed by atoms with Crippen molar-refractivity contribution in [2.45, 2.75) is 78.2 Å². The molecule has 4 heteroatoms. The van der Waals surface area contributed by atoms with Crippen LogP contribution in [0.15, 0.2) is 0 Å². The summed E-state index contributed by atoms with van der Waals surface area (Å²) < 4.78 is 0. The Bertz CT molecular complexity index is 333. The van der Waals surface area contributed by atoms with Gasteiger partial charge in [0.1, 0.15) is 0 Å². The van der Waals surface area contributed by atoms with E-state index in [9.17, 15) is 14.7 Å². The van der Waals surface area contributed by atoms with Crippen molar-refractivity contribution in [2.24, 2.45) is 5.41 Å². The summed E-state index contributed by atoms with van der Waals surface area (Å²) in [5.74, 6) is -0.642. The topological polar surface area (TPSA) is 57.6 Å². The number of carbonyl (C=O) groups is 2. The number of aliphatic carboxylic acids is 1. The predicted molar refractivity (Wildman–Crippen MR) is 79.5 cm³/mol. The molecule has 1 fully saturated rings. The van der Waals surface area contributed by atoms with Gasteiger partial charge in [0.15, 0.2) is 0 Å². The number of hydrogen-bond acceptors (Lipinski definition) is 2. The molecule has 0 saturated heterocycles. The van der Waals surface area contributed by atoms with E-state index in [1.54, 1.807) is 0 Å². The Morgan fingerprint density at radius 1 is 1.15 bits per heavy atom. The number of hydrogen-bond donors (Lipinski definition) is 1. The molecule has 0 unspecified atom stereocenters. The Kier molecular flexibility index (Phi) is 6.50. The van der Waals surface area contributed by atoms with E-state index in [0.717, 1.165) is 38.6 Å². The highest BCUT2D eigenvalue weighted by molar-refractivity contribution is 5.78. The molecule has 1 aliphatic rings. The third kappa shape index (κ3) is 4.80. The Morgan fingerprint density at radius 3 is 2.20 bits per heavy atom. The maximum absolute atomic E-state index is 12.6. The standard InChI is InChI=1S/C16H29NO3/c1-4-10-17(13(2)3)14(18)11-16(12-15(19)20)8-6-5-7-9-16/h13H,4-12H2,1-3H3,(H,19,20). The van der Waals surface area contributed by atoms with Crippen molar-refractivity contribution in [2.75, 3.05) is 6.54 Å². The van der Waals surface area contributed by atoms with Crippen LogP contribution in [-0.2, 0) is 9.59 Å². The van der Waals surface area contributed by atoms with Crippen LogP contribution in [0, 0.1) is 5.41 Å². The van der Waals surface area contributed by atoms with E-state index < -0.39 is 5.97 Å². The highest BCUT2D eigenvalue weighted by atomic mass is 16.4. The third-order valence-electron chi connectivity index (χ3n) is 4.37. The van der Waals surface area contributed by atoms with Crippen molar-refractivity contribution in [1.82, 2.24) is 4.90 Å². The second-order valence-electron chi connectivity index (χ2n) is 6.49. The maximum atomic E-state index is 12.6. The molecule has 0 aliphatic heterocycles. The van der Waals surface area contributed by atoms with Crippen LogP contribution in [0.1, 0.15) is 72.1 Å². The van der Waals surface area contributed by atoms with Crippen LogP contribution in [0.4, 0.5) is 0 Å². The summed E-state index contributed by atoms with van der Waals surface area (Å²) in [6, 6.07) is 0.188. The molecule has 0 heterocycles. The number of carboxylic acid groups (broad SMARTS) is 1. The summed E-state index contributed by atoms with van der Waals surface area (Å²) in [5, 5.41) is 9.17. The van der Waals surface area contributed by atoms with E-state index in [0.29, 0.717) is 6.42 Å². The fourth-order valence-corrected chi connectivity index (χ4v) is 3.37. The van der Waals surface area contributed by atoms with Crippen LogP contribution in [0.25, 0.3) is 0 Å². The molecule has 1 amide bonds. The lowest BCUT2D eigenvalue weighted by Crippen LogP contribution is -2.41. The van der Waals surface area contributed by atoms with Gasteiger partial charge in [-0.1, -0.05) is 26.2 Å². The average Bonchev–Trinajstić information content (AvgIpc) is 2.35. The monoisotopic (exact) mass is 283 g/mol. The van der Waals surface area contributed by atoms with Crippen LogP contribution < -0.4 is 0 Å². The first-order valence-corrected chi connectivity index (χ1v) is 7.91. The van der Waals surface area contributed by atoms with Crippen molar-refractivity contribution < 1.29 is 14.7 Å². The van der Waals surface area contributed by atoms with Crippen LogP contribution in [0.3, 0.4) is 0 Å². The summed E-state index contributed by atoms with van der Waals surface area (Å²) >= 11 is 0. The minimum atomic E-state index is -0.772. The lowest BCUT2D eigenvalue weighted by Gasteiger charge is -2.38. The molecule has 0 spiro atoms. The maximum Gasteiger partial charge on any atom is 0.303 e. The Balaban J connectivity index is 2.77. The minimum Gasteiger partial charge on any atom is -0.481 e. The van der Waals surface area contributed by atoms with E-state index in [1.807, 2.05) is 18.7 Å². The highest BCUT2D eigenvalue weighted by Crippen LogP contribution is 2.42. The van der Waals surface area contributed by atoms with E-state index in [2.05, 4.69) is 6.92 Å². The quantitative estimate of drug-likeness (QED) is 0.778. The van der Waals surface area contributed by atoms with Crippen molar-refractivity contribution in [3.63, 3.8) is 0 Å². The van der Waals surface area contributed by atoms with Gasteiger partial charge in [0.05, 0.1) is 6.42 Å².